The van der Waals surface area contributed by atoms with Crippen LogP contribution in [0, 0.1) is 6.92 Å². The lowest BCUT2D eigenvalue weighted by atomic mass is 10.3. The van der Waals surface area contributed by atoms with Gasteiger partial charge in [0.15, 0.2) is 0 Å². The number of carbonyl (C=O) groups excluding carboxylic acids is 1. The molecule has 1 aromatic carbocycles. The second kappa shape index (κ2) is 7.19. The van der Waals surface area contributed by atoms with E-state index in [0.29, 0.717) is 11.5 Å². The van der Waals surface area contributed by atoms with Crippen LogP contribution < -0.4 is 0 Å². The third kappa shape index (κ3) is 3.43. The molecule has 0 spiro atoms. The van der Waals surface area contributed by atoms with E-state index in [1.54, 1.807) is 11.8 Å². The Morgan fingerprint density at radius 1 is 1.35 bits per heavy atom. The Labute approximate surface area is 143 Å². The zero-order chi connectivity index (χ0) is 16.2. The molecule has 2 heterocycles. The third-order valence-corrected chi connectivity index (χ3v) is 5.37. The van der Waals surface area contributed by atoms with Gasteiger partial charge in [-0.15, -0.1) is 11.3 Å². The predicted molar refractivity (Wildman–Crippen MR) is 97.0 cm³/mol. The molecule has 0 saturated heterocycles. The minimum atomic E-state index is -0.248. The Bertz CT molecular complexity index is 809. The number of carbonyl (C=O) groups is 1. The van der Waals surface area contributed by atoms with Crippen LogP contribution in [0.1, 0.15) is 22.3 Å². The molecule has 6 heteroatoms. The second-order valence-corrected chi connectivity index (χ2v) is 7.42. The first-order valence-corrected chi connectivity index (χ1v) is 9.47. The zero-order valence-corrected chi connectivity index (χ0v) is 14.7. The second-order valence-electron chi connectivity index (χ2n) is 5.00. The van der Waals surface area contributed by atoms with Gasteiger partial charge in [-0.1, -0.05) is 25.1 Å². The lowest BCUT2D eigenvalue weighted by Gasteiger charge is -2.02. The maximum Gasteiger partial charge on any atom is 0.348 e. The van der Waals surface area contributed by atoms with Gasteiger partial charge in [0.2, 0.25) is 0 Å². The van der Waals surface area contributed by atoms with Crippen molar-refractivity contribution in [3.63, 3.8) is 0 Å². The molecule has 0 aliphatic heterocycles. The normalized spacial score (nSPS) is 11.0. The molecule has 0 aliphatic rings. The maximum atomic E-state index is 12.2. The van der Waals surface area contributed by atoms with E-state index in [1.807, 2.05) is 48.0 Å². The molecule has 0 N–H and O–H groups in total. The minimum absolute atomic E-state index is 0.248. The van der Waals surface area contributed by atoms with Crippen LogP contribution in [0.15, 0.2) is 36.4 Å². The standard InChI is InChI=1S/C17H18N2O2S2/c1-3-22-10-9-21-17(20)15-11-14-12(2)18-19(16(14)23-15)13-7-5-4-6-8-13/h4-8,11H,3,9-10H2,1-2H3. The molecule has 0 atom stereocenters. The number of fused-ring (bicyclic) bond motifs is 1. The molecular formula is C17H18N2O2S2. The summed E-state index contributed by atoms with van der Waals surface area (Å²) in [6.07, 6.45) is 0. The Hall–Kier alpha value is -1.79. The first-order valence-electron chi connectivity index (χ1n) is 7.50. The van der Waals surface area contributed by atoms with E-state index in [1.165, 1.54) is 11.3 Å². The average Bonchev–Trinajstić information content (AvgIpc) is 3.13. The molecule has 4 nitrogen and oxygen atoms in total. The smallest absolute Gasteiger partial charge is 0.348 e. The van der Waals surface area contributed by atoms with Gasteiger partial charge in [0.1, 0.15) is 16.3 Å². The largest absolute Gasteiger partial charge is 0.461 e. The summed E-state index contributed by atoms with van der Waals surface area (Å²) in [7, 11) is 0. The summed E-state index contributed by atoms with van der Waals surface area (Å²) in [5.41, 5.74) is 1.91. The van der Waals surface area contributed by atoms with Gasteiger partial charge in [0.25, 0.3) is 0 Å². The lowest BCUT2D eigenvalue weighted by Crippen LogP contribution is -2.06. The molecule has 23 heavy (non-hydrogen) atoms. The SMILES string of the molecule is CCSCCOC(=O)c1cc2c(C)nn(-c3ccccc3)c2s1. The fourth-order valence-electron chi connectivity index (χ4n) is 2.30. The molecule has 0 bridgehead atoms. The summed E-state index contributed by atoms with van der Waals surface area (Å²) in [6, 6.07) is 11.8. The highest BCUT2D eigenvalue weighted by Crippen LogP contribution is 2.30. The van der Waals surface area contributed by atoms with Crippen LogP contribution in [0.4, 0.5) is 0 Å². The quantitative estimate of drug-likeness (QED) is 0.493. The van der Waals surface area contributed by atoms with Gasteiger partial charge in [-0.2, -0.15) is 16.9 Å². The molecule has 3 rings (SSSR count). The van der Waals surface area contributed by atoms with Gasteiger partial charge in [-0.05, 0) is 30.9 Å². The summed E-state index contributed by atoms with van der Waals surface area (Å²) < 4.78 is 7.22. The number of ether oxygens (including phenoxy) is 1. The number of benzene rings is 1. The number of esters is 1. The Kier molecular flexibility index (Phi) is 5.03. The van der Waals surface area contributed by atoms with Gasteiger partial charge < -0.3 is 4.74 Å². The van der Waals surface area contributed by atoms with Crippen LogP contribution >= 0.6 is 23.1 Å². The van der Waals surface area contributed by atoms with Gasteiger partial charge in [-0.3, -0.25) is 0 Å². The topological polar surface area (TPSA) is 44.1 Å². The van der Waals surface area contributed by atoms with E-state index in [0.717, 1.165) is 33.1 Å². The molecule has 120 valence electrons. The van der Waals surface area contributed by atoms with Crippen molar-refractivity contribution < 1.29 is 9.53 Å². The molecular weight excluding hydrogens is 328 g/mol. The average molecular weight is 346 g/mol. The van der Waals surface area contributed by atoms with Gasteiger partial charge in [0, 0.05) is 11.1 Å². The number of thiophene rings is 1. The number of para-hydroxylation sites is 1. The number of hydrogen-bond donors (Lipinski definition) is 0. The van der Waals surface area contributed by atoms with Crippen LogP contribution in [-0.4, -0.2) is 33.9 Å². The van der Waals surface area contributed by atoms with E-state index < -0.39 is 0 Å². The summed E-state index contributed by atoms with van der Waals surface area (Å²) in [6.45, 7) is 4.51. The highest BCUT2D eigenvalue weighted by atomic mass is 32.2. The van der Waals surface area contributed by atoms with Crippen molar-refractivity contribution >= 4 is 39.3 Å². The summed E-state index contributed by atoms with van der Waals surface area (Å²) in [5.74, 6) is 1.62. The van der Waals surface area contributed by atoms with Crippen molar-refractivity contribution in [3.8, 4) is 5.69 Å². The van der Waals surface area contributed by atoms with E-state index in [-0.39, 0.29) is 5.97 Å². The Morgan fingerprint density at radius 2 is 2.13 bits per heavy atom. The van der Waals surface area contributed by atoms with Gasteiger partial charge in [0.05, 0.1) is 11.4 Å². The van der Waals surface area contributed by atoms with Crippen molar-refractivity contribution in [3.05, 3.63) is 47.0 Å². The number of hydrogen-bond acceptors (Lipinski definition) is 5. The summed E-state index contributed by atoms with van der Waals surface area (Å²) in [4.78, 5) is 13.8. The van der Waals surface area contributed by atoms with Crippen molar-refractivity contribution in [2.75, 3.05) is 18.1 Å². The first-order chi connectivity index (χ1) is 11.2. The lowest BCUT2D eigenvalue weighted by molar-refractivity contribution is 0.0536. The van der Waals surface area contributed by atoms with Crippen LogP contribution in [0.5, 0.6) is 0 Å². The predicted octanol–water partition coefficient (Wildman–Crippen LogP) is 4.31. The fraction of sp³-hybridized carbons (Fsp3) is 0.294. The van der Waals surface area contributed by atoms with Crippen molar-refractivity contribution in [2.24, 2.45) is 0 Å². The van der Waals surface area contributed by atoms with Crippen LogP contribution in [0.25, 0.3) is 15.9 Å². The first kappa shape index (κ1) is 16.1. The number of rotatable bonds is 6. The van der Waals surface area contributed by atoms with Crippen molar-refractivity contribution in [2.45, 2.75) is 13.8 Å². The van der Waals surface area contributed by atoms with Crippen LogP contribution in [-0.2, 0) is 4.74 Å². The van der Waals surface area contributed by atoms with Crippen molar-refractivity contribution in [1.82, 2.24) is 9.78 Å². The highest BCUT2D eigenvalue weighted by molar-refractivity contribution is 7.99. The fourth-order valence-corrected chi connectivity index (χ4v) is 3.87. The third-order valence-electron chi connectivity index (χ3n) is 3.41. The summed E-state index contributed by atoms with van der Waals surface area (Å²) in [5, 5.41) is 5.59. The molecule has 0 aliphatic carbocycles. The molecule has 3 aromatic rings. The Morgan fingerprint density at radius 3 is 2.87 bits per heavy atom. The van der Waals surface area contributed by atoms with Gasteiger partial charge >= 0.3 is 5.97 Å². The molecule has 0 saturated carbocycles. The van der Waals surface area contributed by atoms with Gasteiger partial charge in [-0.25, -0.2) is 9.48 Å². The maximum absolute atomic E-state index is 12.2. The van der Waals surface area contributed by atoms with Crippen LogP contribution in [0.2, 0.25) is 0 Å². The van der Waals surface area contributed by atoms with E-state index in [9.17, 15) is 4.79 Å². The Balaban J connectivity index is 1.86. The zero-order valence-electron chi connectivity index (χ0n) is 13.1. The van der Waals surface area contributed by atoms with E-state index >= 15 is 0 Å². The van der Waals surface area contributed by atoms with E-state index in [2.05, 4.69) is 12.0 Å². The molecule has 0 unspecified atom stereocenters. The number of aromatic nitrogens is 2. The minimum Gasteiger partial charge on any atom is -0.461 e. The number of nitrogens with zero attached hydrogens (tertiary/aromatic N) is 2. The molecule has 2 aromatic heterocycles. The molecule has 0 radical (unpaired) electrons. The molecule has 0 fully saturated rings. The molecule has 0 amide bonds. The number of aryl methyl sites for hydroxylation is 1. The summed E-state index contributed by atoms with van der Waals surface area (Å²) >= 11 is 3.20. The highest BCUT2D eigenvalue weighted by Gasteiger charge is 2.17. The number of thioether (sulfide) groups is 1. The van der Waals surface area contributed by atoms with Crippen LogP contribution in [0.3, 0.4) is 0 Å². The monoisotopic (exact) mass is 346 g/mol. The van der Waals surface area contributed by atoms with Crippen molar-refractivity contribution in [1.29, 1.82) is 0 Å². The van der Waals surface area contributed by atoms with E-state index in [4.69, 9.17) is 4.74 Å².